The van der Waals surface area contributed by atoms with Crippen molar-refractivity contribution in [2.75, 3.05) is 20.3 Å². The number of rotatable bonds is 12. The fraction of sp³-hybridized carbons (Fsp3) is 0.500. The average Bonchev–Trinajstić information content (AvgIpc) is 3.54. The van der Waals surface area contributed by atoms with Gasteiger partial charge in [0.05, 0.1) is 18.7 Å². The van der Waals surface area contributed by atoms with Crippen LogP contribution >= 0.6 is 0 Å². The molecule has 1 fully saturated rings. The molecule has 2 atom stereocenters. The molecule has 0 aliphatic heterocycles. The van der Waals surface area contributed by atoms with Crippen LogP contribution in [0.4, 0.5) is 13.2 Å². The van der Waals surface area contributed by atoms with Gasteiger partial charge in [-0.05, 0) is 54.5 Å². The SMILES string of the molecule is COCCNCc1ccc2oc3cc([C@H](N[C@@H](CC(C)C)C(=O)NC4(C#N)CC4)C(F)(F)F)ccc3c2c1. The number of nitriles is 1. The number of furan rings is 1. The Morgan fingerprint density at radius 2 is 1.92 bits per heavy atom. The summed E-state index contributed by atoms with van der Waals surface area (Å²) in [6.07, 6.45) is -3.48. The number of halogens is 3. The van der Waals surface area contributed by atoms with E-state index in [0.717, 1.165) is 10.9 Å². The molecule has 0 bridgehead atoms. The number of carbonyl (C=O) groups is 1. The van der Waals surface area contributed by atoms with Crippen LogP contribution in [-0.2, 0) is 16.1 Å². The van der Waals surface area contributed by atoms with Gasteiger partial charge in [0.1, 0.15) is 22.7 Å². The van der Waals surface area contributed by atoms with Crippen molar-refractivity contribution in [1.82, 2.24) is 16.0 Å². The van der Waals surface area contributed by atoms with Crippen LogP contribution in [0.3, 0.4) is 0 Å². The number of methoxy groups -OCH3 is 1. The van der Waals surface area contributed by atoms with E-state index in [9.17, 15) is 23.2 Å². The monoisotopic (exact) mass is 530 g/mol. The van der Waals surface area contributed by atoms with Crippen LogP contribution in [-0.4, -0.2) is 43.9 Å². The second-order valence-corrected chi connectivity index (χ2v) is 10.4. The molecule has 1 saturated carbocycles. The summed E-state index contributed by atoms with van der Waals surface area (Å²) in [5, 5.41) is 19.3. The third kappa shape index (κ3) is 6.46. The minimum Gasteiger partial charge on any atom is -0.456 e. The van der Waals surface area contributed by atoms with E-state index in [1.165, 1.54) is 12.1 Å². The smallest absolute Gasteiger partial charge is 0.407 e. The van der Waals surface area contributed by atoms with Crippen molar-refractivity contribution >= 4 is 27.8 Å². The van der Waals surface area contributed by atoms with Crippen LogP contribution in [0.5, 0.6) is 0 Å². The van der Waals surface area contributed by atoms with E-state index in [1.807, 2.05) is 32.0 Å². The summed E-state index contributed by atoms with van der Waals surface area (Å²) < 4.78 is 53.9. The number of fused-ring (bicyclic) bond motifs is 3. The van der Waals surface area contributed by atoms with Crippen LogP contribution in [0, 0.1) is 17.2 Å². The molecule has 38 heavy (non-hydrogen) atoms. The maximum Gasteiger partial charge on any atom is 0.407 e. The van der Waals surface area contributed by atoms with E-state index in [1.54, 1.807) is 13.2 Å². The van der Waals surface area contributed by atoms with E-state index in [2.05, 4.69) is 22.0 Å². The lowest BCUT2D eigenvalue weighted by molar-refractivity contribution is -0.161. The van der Waals surface area contributed by atoms with Gasteiger partial charge in [0.2, 0.25) is 5.91 Å². The minimum absolute atomic E-state index is 0.0413. The molecule has 0 saturated heterocycles. The van der Waals surface area contributed by atoms with E-state index in [0.29, 0.717) is 49.1 Å². The summed E-state index contributed by atoms with van der Waals surface area (Å²) in [4.78, 5) is 12.9. The highest BCUT2D eigenvalue weighted by Gasteiger charge is 2.47. The Hall–Kier alpha value is -3.13. The van der Waals surface area contributed by atoms with Gasteiger partial charge >= 0.3 is 6.18 Å². The van der Waals surface area contributed by atoms with Crippen molar-refractivity contribution in [1.29, 1.82) is 5.26 Å². The number of nitrogens with zero attached hydrogens (tertiary/aromatic N) is 1. The third-order valence-electron chi connectivity index (χ3n) is 6.75. The van der Waals surface area contributed by atoms with Gasteiger partial charge in [-0.25, -0.2) is 0 Å². The van der Waals surface area contributed by atoms with E-state index in [-0.39, 0.29) is 17.9 Å². The van der Waals surface area contributed by atoms with Crippen LogP contribution < -0.4 is 16.0 Å². The molecule has 4 rings (SSSR count). The Bertz CT molecular complexity index is 1320. The molecule has 204 valence electrons. The summed E-state index contributed by atoms with van der Waals surface area (Å²) in [7, 11) is 1.63. The topological polar surface area (TPSA) is 99.3 Å². The second-order valence-electron chi connectivity index (χ2n) is 10.4. The first kappa shape index (κ1) is 27.9. The minimum atomic E-state index is -4.66. The number of benzene rings is 2. The molecule has 0 spiro atoms. The predicted molar refractivity (Wildman–Crippen MR) is 138 cm³/mol. The van der Waals surface area contributed by atoms with Crippen LogP contribution in [0.2, 0.25) is 0 Å². The summed E-state index contributed by atoms with van der Waals surface area (Å²) in [6, 6.07) is 8.98. The number of hydrogen-bond donors (Lipinski definition) is 3. The molecule has 0 unspecified atom stereocenters. The van der Waals surface area contributed by atoms with Gasteiger partial charge in [-0.3, -0.25) is 10.1 Å². The Kier molecular flexibility index (Phi) is 8.31. The summed E-state index contributed by atoms with van der Waals surface area (Å²) in [5.41, 5.74) is 0.923. The first-order chi connectivity index (χ1) is 18.0. The van der Waals surface area contributed by atoms with Gasteiger partial charge in [0.15, 0.2) is 0 Å². The maximum atomic E-state index is 14.3. The first-order valence-electron chi connectivity index (χ1n) is 12.8. The molecule has 2 aromatic carbocycles. The molecule has 1 amide bonds. The van der Waals surface area contributed by atoms with Crippen molar-refractivity contribution in [3.05, 3.63) is 47.5 Å². The summed E-state index contributed by atoms with van der Waals surface area (Å²) in [6.45, 7) is 5.58. The molecule has 3 aromatic rings. The largest absolute Gasteiger partial charge is 0.456 e. The van der Waals surface area contributed by atoms with Crippen molar-refractivity contribution in [2.24, 2.45) is 5.92 Å². The quantitative estimate of drug-likeness (QED) is 0.282. The lowest BCUT2D eigenvalue weighted by atomic mass is 9.98. The van der Waals surface area contributed by atoms with E-state index >= 15 is 0 Å². The van der Waals surface area contributed by atoms with Crippen molar-refractivity contribution in [3.63, 3.8) is 0 Å². The highest BCUT2D eigenvalue weighted by Crippen LogP contribution is 2.38. The van der Waals surface area contributed by atoms with Crippen molar-refractivity contribution < 1.29 is 27.1 Å². The number of alkyl halides is 3. The zero-order valence-electron chi connectivity index (χ0n) is 21.7. The normalized spacial score (nSPS) is 16.5. The lowest BCUT2D eigenvalue weighted by Crippen LogP contribution is -2.52. The molecule has 1 aromatic heterocycles. The fourth-order valence-electron chi connectivity index (χ4n) is 4.55. The summed E-state index contributed by atoms with van der Waals surface area (Å²) in [5.74, 6) is -0.635. The standard InChI is InChI=1S/C28H33F3N4O3/c1-17(2)12-22(26(36)35-27(16-32)8-9-27)34-25(28(29,30)31)19-5-6-20-21-13-18(15-33-10-11-37-3)4-7-23(21)38-24(20)14-19/h4-7,13-14,17,22,25,33-34H,8-12,15H2,1-3H3,(H,35,36)/t22-,25-/m0/s1. The van der Waals surface area contributed by atoms with Gasteiger partial charge in [-0.2, -0.15) is 18.4 Å². The number of carbonyl (C=O) groups excluding carboxylic acids is 1. The molecule has 7 nitrogen and oxygen atoms in total. The van der Waals surface area contributed by atoms with E-state index in [4.69, 9.17) is 9.15 Å². The highest BCUT2D eigenvalue weighted by molar-refractivity contribution is 6.05. The molecule has 1 aliphatic carbocycles. The Morgan fingerprint density at radius 1 is 1.16 bits per heavy atom. The van der Waals surface area contributed by atoms with Crippen LogP contribution in [0.15, 0.2) is 40.8 Å². The number of hydrogen-bond acceptors (Lipinski definition) is 6. The van der Waals surface area contributed by atoms with E-state index < -0.39 is 29.7 Å². The van der Waals surface area contributed by atoms with Gasteiger partial charge < -0.3 is 19.8 Å². The average molecular weight is 531 g/mol. The van der Waals surface area contributed by atoms with Gasteiger partial charge in [-0.1, -0.05) is 32.0 Å². The number of amides is 1. The van der Waals surface area contributed by atoms with Gasteiger partial charge in [0, 0.05) is 31.0 Å². The number of ether oxygens (including phenoxy) is 1. The maximum absolute atomic E-state index is 14.3. The third-order valence-corrected chi connectivity index (χ3v) is 6.75. The summed E-state index contributed by atoms with van der Waals surface area (Å²) >= 11 is 0. The molecular weight excluding hydrogens is 497 g/mol. The first-order valence-corrected chi connectivity index (χ1v) is 12.8. The Morgan fingerprint density at radius 3 is 2.55 bits per heavy atom. The van der Waals surface area contributed by atoms with Crippen molar-refractivity contribution in [2.45, 2.75) is 63.5 Å². The Balaban J connectivity index is 1.61. The fourth-order valence-corrected chi connectivity index (χ4v) is 4.55. The molecule has 3 N–H and O–H groups in total. The van der Waals surface area contributed by atoms with Crippen molar-refractivity contribution in [3.8, 4) is 6.07 Å². The van der Waals surface area contributed by atoms with Crippen LogP contribution in [0.1, 0.15) is 50.3 Å². The molecular formula is C28H33F3N4O3. The molecule has 10 heteroatoms. The second kappa shape index (κ2) is 11.3. The van der Waals surface area contributed by atoms with Gasteiger partial charge in [0.25, 0.3) is 0 Å². The molecule has 1 aliphatic rings. The Labute approximate surface area is 219 Å². The lowest BCUT2D eigenvalue weighted by Gasteiger charge is -2.29. The zero-order valence-corrected chi connectivity index (χ0v) is 21.7. The number of nitrogens with one attached hydrogen (secondary N) is 3. The molecule has 1 heterocycles. The highest BCUT2D eigenvalue weighted by atomic mass is 19.4. The zero-order chi connectivity index (χ0) is 27.5. The molecule has 0 radical (unpaired) electrons. The predicted octanol–water partition coefficient (Wildman–Crippen LogP) is 5.10. The van der Waals surface area contributed by atoms with Gasteiger partial charge in [-0.15, -0.1) is 0 Å². The van der Waals surface area contributed by atoms with Crippen LogP contribution in [0.25, 0.3) is 21.9 Å².